The van der Waals surface area contributed by atoms with E-state index in [1.165, 1.54) is 6.08 Å². The van der Waals surface area contributed by atoms with E-state index in [9.17, 15) is 15.5 Å². The molecule has 302 valence electrons. The van der Waals surface area contributed by atoms with Gasteiger partial charge in [-0.25, -0.2) is 8.78 Å². The Morgan fingerprint density at radius 2 is 1.89 bits per heavy atom. The number of thiophene rings is 1. The first kappa shape index (κ1) is 40.6. The number of aliphatic imine (C=N–C) groups is 1. The van der Waals surface area contributed by atoms with Crippen molar-refractivity contribution in [1.29, 1.82) is 5.26 Å². The van der Waals surface area contributed by atoms with E-state index in [1.807, 2.05) is 13.0 Å². The zero-order chi connectivity index (χ0) is 39.9. The second kappa shape index (κ2) is 16.7. The average Bonchev–Trinajstić information content (AvgIpc) is 3.47. The van der Waals surface area contributed by atoms with Gasteiger partial charge in [-0.3, -0.25) is 9.80 Å². The lowest BCUT2D eigenvalue weighted by Gasteiger charge is -2.44. The molecule has 3 saturated heterocycles. The lowest BCUT2D eigenvalue weighted by Crippen LogP contribution is -2.57. The number of allylic oxidation sites excluding steroid dienone is 2. The number of likely N-dealkylation sites (tertiary alicyclic amines) is 2. The Kier molecular flexibility index (Phi) is 12.1. The SMILES string of the molecule is C=C(c1c(/C(F)=C\C)sc(N)c1C#N)c1c(F)c(C)c(/C(=N\C(=C\CCC)OCC2(CN3CCC3CO)CC2)N2C3CCC2CN(CC(C)O)C3)c2c1COC2. The number of nitrogen functional groups attached to an aromatic ring is 1. The zero-order valence-corrected chi connectivity index (χ0v) is 34.0. The Morgan fingerprint density at radius 3 is 2.46 bits per heavy atom. The van der Waals surface area contributed by atoms with Crippen LogP contribution in [0.5, 0.6) is 0 Å². The van der Waals surface area contributed by atoms with Crippen LogP contribution in [0.3, 0.4) is 0 Å². The summed E-state index contributed by atoms with van der Waals surface area (Å²) in [6.45, 7) is 16.5. The molecule has 1 aromatic carbocycles. The van der Waals surface area contributed by atoms with E-state index in [-0.39, 0.29) is 75.5 Å². The van der Waals surface area contributed by atoms with E-state index < -0.39 is 17.7 Å². The minimum Gasteiger partial charge on any atom is -0.477 e. The Balaban J connectivity index is 1.33. The van der Waals surface area contributed by atoms with Crippen molar-refractivity contribution >= 4 is 33.6 Å². The predicted molar refractivity (Wildman–Crippen MR) is 217 cm³/mol. The van der Waals surface area contributed by atoms with Crippen LogP contribution < -0.4 is 5.73 Å². The number of hydrogen-bond donors (Lipinski definition) is 3. The third-order valence-electron chi connectivity index (χ3n) is 12.4. The van der Waals surface area contributed by atoms with E-state index >= 15 is 8.78 Å². The second-order valence-electron chi connectivity index (χ2n) is 16.4. The van der Waals surface area contributed by atoms with Crippen molar-refractivity contribution in [3.8, 4) is 6.07 Å². The molecule has 4 atom stereocenters. The number of amidine groups is 1. The molecule has 4 N–H and O–H groups in total. The van der Waals surface area contributed by atoms with Crippen LogP contribution in [0.2, 0.25) is 0 Å². The fourth-order valence-electron chi connectivity index (χ4n) is 9.12. The highest BCUT2D eigenvalue weighted by atomic mass is 32.1. The van der Waals surface area contributed by atoms with Crippen LogP contribution in [0, 0.1) is 29.5 Å². The predicted octanol–water partition coefficient (Wildman–Crippen LogP) is 6.85. The van der Waals surface area contributed by atoms with Crippen LogP contribution in [0.1, 0.15) is 110 Å². The number of ether oxygens (including phenoxy) is 2. The van der Waals surface area contributed by atoms with Crippen LogP contribution in [-0.4, -0.2) is 101 Å². The van der Waals surface area contributed by atoms with Crippen molar-refractivity contribution in [3.05, 3.63) is 74.3 Å². The summed E-state index contributed by atoms with van der Waals surface area (Å²) in [5.41, 5.74) is 9.31. The van der Waals surface area contributed by atoms with Crippen molar-refractivity contribution < 1.29 is 28.5 Å². The number of anilines is 1. The average molecular weight is 791 g/mol. The van der Waals surface area contributed by atoms with E-state index in [0.717, 1.165) is 88.0 Å². The summed E-state index contributed by atoms with van der Waals surface area (Å²) in [5, 5.41) is 30.3. The highest BCUT2D eigenvalue weighted by molar-refractivity contribution is 7.17. The first-order valence-electron chi connectivity index (χ1n) is 20.1. The maximum absolute atomic E-state index is 17.4. The van der Waals surface area contributed by atoms with Gasteiger partial charge < -0.3 is 30.3 Å². The number of aliphatic hydroxyl groups is 2. The molecule has 4 aliphatic heterocycles. The Hall–Kier alpha value is -3.64. The zero-order valence-electron chi connectivity index (χ0n) is 33.2. The minimum atomic E-state index is -0.557. The smallest absolute Gasteiger partial charge is 0.211 e. The maximum atomic E-state index is 17.4. The number of unbranched alkanes of at least 4 members (excludes halogenated alkanes) is 1. The Morgan fingerprint density at radius 1 is 1.20 bits per heavy atom. The van der Waals surface area contributed by atoms with Gasteiger partial charge in [0.15, 0.2) is 0 Å². The summed E-state index contributed by atoms with van der Waals surface area (Å²) in [6, 6.07) is 2.49. The molecule has 2 bridgehead atoms. The number of nitrogens with zero attached hydrogens (tertiary/aromatic N) is 5. The number of halogens is 2. The Bertz CT molecular complexity index is 1960. The van der Waals surface area contributed by atoms with Gasteiger partial charge in [-0.2, -0.15) is 10.3 Å². The van der Waals surface area contributed by atoms with Crippen molar-refractivity contribution in [3.63, 3.8) is 0 Å². The normalized spacial score (nSPS) is 24.2. The van der Waals surface area contributed by atoms with Crippen LogP contribution in [0.15, 0.2) is 29.6 Å². The molecule has 7 rings (SSSR count). The molecule has 0 amide bonds. The molecule has 4 unspecified atom stereocenters. The van der Waals surface area contributed by atoms with Gasteiger partial charge in [0.1, 0.15) is 28.6 Å². The molecule has 1 aromatic heterocycles. The number of piperazine rings is 1. The second-order valence-corrected chi connectivity index (χ2v) is 17.5. The topological polar surface area (TPSA) is 131 Å². The number of β-amino-alcohol motifs (C(OH)–C–C–N with tert-alkyl or cyclic N) is 1. The van der Waals surface area contributed by atoms with E-state index in [2.05, 4.69) is 34.3 Å². The highest BCUT2D eigenvalue weighted by Crippen LogP contribution is 2.49. The van der Waals surface area contributed by atoms with Gasteiger partial charge in [-0.05, 0) is 87.6 Å². The fourth-order valence-corrected chi connectivity index (χ4v) is 10.1. The molecule has 1 saturated carbocycles. The van der Waals surface area contributed by atoms with Gasteiger partial charge in [0.05, 0.1) is 43.0 Å². The van der Waals surface area contributed by atoms with Gasteiger partial charge in [-0.1, -0.05) is 26.0 Å². The first-order chi connectivity index (χ1) is 26.9. The number of hydrogen-bond acceptors (Lipinski definition) is 10. The lowest BCUT2D eigenvalue weighted by atomic mass is 9.85. The molecule has 0 radical (unpaired) electrons. The fraction of sp³-hybridized carbons (Fsp3) is 0.581. The summed E-state index contributed by atoms with van der Waals surface area (Å²) < 4.78 is 45.5. The Labute approximate surface area is 333 Å². The number of aliphatic hydroxyl groups excluding tert-OH is 2. The molecule has 1 aliphatic carbocycles. The number of fused-ring (bicyclic) bond motifs is 3. The number of rotatable bonds is 15. The van der Waals surface area contributed by atoms with Gasteiger partial charge in [0, 0.05) is 73.0 Å². The monoisotopic (exact) mass is 790 g/mol. The minimum absolute atomic E-state index is 0.0121. The van der Waals surface area contributed by atoms with Crippen molar-refractivity contribution in [2.75, 3.05) is 51.7 Å². The summed E-state index contributed by atoms with van der Waals surface area (Å²) >= 11 is 0.953. The van der Waals surface area contributed by atoms with Crippen LogP contribution in [0.4, 0.5) is 13.8 Å². The van der Waals surface area contributed by atoms with Gasteiger partial charge >= 0.3 is 0 Å². The quantitative estimate of drug-likeness (QED) is 0.101. The van der Waals surface area contributed by atoms with Crippen molar-refractivity contribution in [1.82, 2.24) is 14.7 Å². The van der Waals surface area contributed by atoms with Crippen LogP contribution in [0.25, 0.3) is 11.4 Å². The van der Waals surface area contributed by atoms with Gasteiger partial charge in [0.2, 0.25) is 5.88 Å². The van der Waals surface area contributed by atoms with E-state index in [4.69, 9.17) is 20.2 Å². The molecule has 5 aliphatic rings. The largest absolute Gasteiger partial charge is 0.477 e. The number of benzene rings is 1. The molecule has 4 fully saturated rings. The van der Waals surface area contributed by atoms with Crippen LogP contribution >= 0.6 is 11.3 Å². The maximum Gasteiger partial charge on any atom is 0.211 e. The molecular formula is C43H56F2N6O4S. The molecule has 13 heteroatoms. The number of nitriles is 1. The lowest BCUT2D eigenvalue weighted by molar-refractivity contribution is 0.0110. The summed E-state index contributed by atoms with van der Waals surface area (Å²) in [6.07, 6.45) is 9.54. The van der Waals surface area contributed by atoms with Gasteiger partial charge in [0.25, 0.3) is 0 Å². The number of nitrogens with two attached hydrogens (primary N) is 1. The van der Waals surface area contributed by atoms with E-state index in [0.29, 0.717) is 41.6 Å². The third-order valence-corrected chi connectivity index (χ3v) is 13.4. The molecule has 2 aromatic rings. The van der Waals surface area contributed by atoms with E-state index in [1.54, 1.807) is 13.8 Å². The van der Waals surface area contributed by atoms with Crippen molar-refractivity contribution in [2.45, 2.75) is 110 Å². The first-order valence-corrected chi connectivity index (χ1v) is 21.0. The molecule has 10 nitrogen and oxygen atoms in total. The third kappa shape index (κ3) is 7.68. The van der Waals surface area contributed by atoms with Crippen LogP contribution in [-0.2, 0) is 22.7 Å². The molecule has 56 heavy (non-hydrogen) atoms. The molecule has 0 spiro atoms. The highest BCUT2D eigenvalue weighted by Gasteiger charge is 2.48. The van der Waals surface area contributed by atoms with Crippen molar-refractivity contribution in [2.24, 2.45) is 10.4 Å². The van der Waals surface area contributed by atoms with Gasteiger partial charge in [-0.15, -0.1) is 11.3 Å². The molecular weight excluding hydrogens is 735 g/mol. The standard InChI is InChI=1S/C43H56F2N6O4S/c1-6-8-9-35(55-24-43(13-14-43)23-50-15-12-30(50)20-52)48-42(51-28-10-11-29(51)19-49(18-28)17-25(3)53)38-27(5)39(45)36(32-21-54-22-33(32)38)26(4)37-31(16-46)41(47)56-40(37)34(44)7-2/h7,9,25,28-30,52-53H,4,6,8,10-15,17-24,47H2,1-3,5H3/b34-7+,35-9-,48-42+. The summed E-state index contributed by atoms with van der Waals surface area (Å²) in [7, 11) is 0. The summed E-state index contributed by atoms with van der Waals surface area (Å²) in [4.78, 5) is 12.6. The molecule has 5 heterocycles. The summed E-state index contributed by atoms with van der Waals surface area (Å²) in [5.74, 6) is 0.0876.